The highest BCUT2D eigenvalue weighted by atomic mass is 16.2. The minimum atomic E-state index is -0.119. The number of likely N-dealkylation sites (N-methyl/N-ethyl adjacent to an activating group) is 1. The Bertz CT molecular complexity index is 197. The van der Waals surface area contributed by atoms with Crippen LogP contribution in [-0.4, -0.2) is 36.5 Å². The van der Waals surface area contributed by atoms with E-state index in [4.69, 9.17) is 0 Å². The van der Waals surface area contributed by atoms with Gasteiger partial charge in [-0.2, -0.15) is 0 Å². The monoisotopic (exact) mass is 198 g/mol. The van der Waals surface area contributed by atoms with Crippen LogP contribution in [0.1, 0.15) is 27.7 Å². The highest BCUT2D eigenvalue weighted by molar-refractivity contribution is 5.81. The Hall–Kier alpha value is -0.830. The second-order valence-electron chi connectivity index (χ2n) is 3.57. The fourth-order valence-corrected chi connectivity index (χ4v) is 1.22. The Morgan fingerprint density at radius 3 is 2.29 bits per heavy atom. The number of carbonyl (C=O) groups excluding carboxylic acids is 1. The number of amides is 1. The SMILES string of the molecule is C=C(C)CNC(C)C(=O)N(CC)CC. The molecule has 3 nitrogen and oxygen atoms in total. The molecule has 0 saturated heterocycles. The van der Waals surface area contributed by atoms with Gasteiger partial charge in [-0.05, 0) is 27.7 Å². The molecular formula is C11H22N2O. The average Bonchev–Trinajstić information content (AvgIpc) is 2.15. The third-order valence-corrected chi connectivity index (χ3v) is 2.16. The van der Waals surface area contributed by atoms with Gasteiger partial charge >= 0.3 is 0 Å². The van der Waals surface area contributed by atoms with Gasteiger partial charge in [-0.3, -0.25) is 4.79 Å². The third-order valence-electron chi connectivity index (χ3n) is 2.16. The molecule has 0 rings (SSSR count). The summed E-state index contributed by atoms with van der Waals surface area (Å²) < 4.78 is 0. The molecule has 0 heterocycles. The van der Waals surface area contributed by atoms with Crippen molar-refractivity contribution in [2.45, 2.75) is 33.7 Å². The lowest BCUT2D eigenvalue weighted by Gasteiger charge is -2.23. The summed E-state index contributed by atoms with van der Waals surface area (Å²) in [5, 5.41) is 3.14. The molecule has 0 bridgehead atoms. The Morgan fingerprint density at radius 2 is 1.93 bits per heavy atom. The lowest BCUT2D eigenvalue weighted by atomic mass is 10.2. The largest absolute Gasteiger partial charge is 0.342 e. The number of nitrogens with zero attached hydrogens (tertiary/aromatic N) is 1. The molecule has 0 radical (unpaired) electrons. The van der Waals surface area contributed by atoms with E-state index in [0.717, 1.165) is 18.7 Å². The Kier molecular flexibility index (Phi) is 6.21. The fraction of sp³-hybridized carbons (Fsp3) is 0.727. The van der Waals surface area contributed by atoms with Crippen molar-refractivity contribution in [2.75, 3.05) is 19.6 Å². The fourth-order valence-electron chi connectivity index (χ4n) is 1.22. The lowest BCUT2D eigenvalue weighted by Crippen LogP contribution is -2.45. The number of nitrogens with one attached hydrogen (secondary N) is 1. The van der Waals surface area contributed by atoms with Crippen LogP contribution >= 0.6 is 0 Å². The Morgan fingerprint density at radius 1 is 1.43 bits per heavy atom. The topological polar surface area (TPSA) is 32.3 Å². The van der Waals surface area contributed by atoms with Crippen molar-refractivity contribution in [1.82, 2.24) is 10.2 Å². The van der Waals surface area contributed by atoms with Crippen LogP contribution in [0.25, 0.3) is 0 Å². The van der Waals surface area contributed by atoms with Crippen molar-refractivity contribution >= 4 is 5.91 Å². The molecular weight excluding hydrogens is 176 g/mol. The zero-order valence-electron chi connectivity index (χ0n) is 9.76. The van der Waals surface area contributed by atoms with Gasteiger partial charge in [0.05, 0.1) is 6.04 Å². The number of carbonyl (C=O) groups is 1. The number of rotatable bonds is 6. The maximum atomic E-state index is 11.8. The van der Waals surface area contributed by atoms with Crippen molar-refractivity contribution in [3.05, 3.63) is 12.2 Å². The zero-order valence-corrected chi connectivity index (χ0v) is 9.76. The molecule has 0 saturated carbocycles. The van der Waals surface area contributed by atoms with Gasteiger partial charge in [-0.15, -0.1) is 0 Å². The second-order valence-corrected chi connectivity index (χ2v) is 3.57. The standard InChI is InChI=1S/C11H22N2O/c1-6-13(7-2)11(14)10(5)12-8-9(3)4/h10,12H,3,6-8H2,1-2,4-5H3. The molecule has 0 spiro atoms. The lowest BCUT2D eigenvalue weighted by molar-refractivity contribution is -0.132. The van der Waals surface area contributed by atoms with E-state index in [1.165, 1.54) is 0 Å². The maximum absolute atomic E-state index is 11.8. The summed E-state index contributed by atoms with van der Waals surface area (Å²) in [6.07, 6.45) is 0. The van der Waals surface area contributed by atoms with Crippen molar-refractivity contribution in [2.24, 2.45) is 0 Å². The maximum Gasteiger partial charge on any atom is 0.239 e. The first-order valence-electron chi connectivity index (χ1n) is 5.19. The van der Waals surface area contributed by atoms with Crippen LogP contribution in [0, 0.1) is 0 Å². The van der Waals surface area contributed by atoms with E-state index in [0.29, 0.717) is 6.54 Å². The molecule has 0 fully saturated rings. The molecule has 0 aliphatic heterocycles. The second kappa shape index (κ2) is 6.60. The van der Waals surface area contributed by atoms with Gasteiger partial charge in [0.2, 0.25) is 5.91 Å². The molecule has 1 amide bonds. The Balaban J connectivity index is 4.03. The first kappa shape index (κ1) is 13.2. The van der Waals surface area contributed by atoms with Crippen LogP contribution < -0.4 is 5.32 Å². The molecule has 0 aromatic rings. The van der Waals surface area contributed by atoms with Crippen LogP contribution in [0.2, 0.25) is 0 Å². The summed E-state index contributed by atoms with van der Waals surface area (Å²) in [7, 11) is 0. The van der Waals surface area contributed by atoms with Crippen molar-refractivity contribution in [1.29, 1.82) is 0 Å². The normalized spacial score (nSPS) is 12.3. The van der Waals surface area contributed by atoms with Crippen LogP contribution in [0.15, 0.2) is 12.2 Å². The van der Waals surface area contributed by atoms with Crippen LogP contribution in [0.5, 0.6) is 0 Å². The smallest absolute Gasteiger partial charge is 0.239 e. The van der Waals surface area contributed by atoms with Crippen molar-refractivity contribution in [3.8, 4) is 0 Å². The Labute approximate surface area is 87.2 Å². The van der Waals surface area contributed by atoms with E-state index in [2.05, 4.69) is 11.9 Å². The third kappa shape index (κ3) is 4.42. The molecule has 1 unspecified atom stereocenters. The summed E-state index contributed by atoms with van der Waals surface area (Å²) in [6.45, 7) is 13.9. The molecule has 0 aromatic carbocycles. The van der Waals surface area contributed by atoms with Gasteiger partial charge < -0.3 is 10.2 Å². The predicted molar refractivity (Wildman–Crippen MR) is 60.2 cm³/mol. The first-order chi connectivity index (χ1) is 6.52. The number of hydrogen-bond acceptors (Lipinski definition) is 2. The van der Waals surface area contributed by atoms with Crippen LogP contribution in [-0.2, 0) is 4.79 Å². The van der Waals surface area contributed by atoms with Gasteiger partial charge in [0.1, 0.15) is 0 Å². The predicted octanol–water partition coefficient (Wildman–Crippen LogP) is 1.41. The van der Waals surface area contributed by atoms with Crippen LogP contribution in [0.4, 0.5) is 0 Å². The summed E-state index contributed by atoms with van der Waals surface area (Å²) in [4.78, 5) is 13.6. The van der Waals surface area contributed by atoms with E-state index in [1.807, 2.05) is 32.6 Å². The highest BCUT2D eigenvalue weighted by Crippen LogP contribution is 1.95. The van der Waals surface area contributed by atoms with E-state index >= 15 is 0 Å². The van der Waals surface area contributed by atoms with Crippen LogP contribution in [0.3, 0.4) is 0 Å². The first-order valence-corrected chi connectivity index (χ1v) is 5.19. The molecule has 1 N–H and O–H groups in total. The van der Waals surface area contributed by atoms with E-state index in [-0.39, 0.29) is 11.9 Å². The number of hydrogen-bond donors (Lipinski definition) is 1. The molecule has 0 aliphatic rings. The molecule has 0 aromatic heterocycles. The van der Waals surface area contributed by atoms with Crippen molar-refractivity contribution < 1.29 is 4.79 Å². The molecule has 82 valence electrons. The molecule has 1 atom stereocenters. The minimum absolute atomic E-state index is 0.119. The summed E-state index contributed by atoms with van der Waals surface area (Å²) in [5.41, 5.74) is 1.05. The molecule has 3 heteroatoms. The van der Waals surface area contributed by atoms with Gasteiger partial charge in [0.25, 0.3) is 0 Å². The van der Waals surface area contributed by atoms with E-state index < -0.39 is 0 Å². The summed E-state index contributed by atoms with van der Waals surface area (Å²) >= 11 is 0. The quantitative estimate of drug-likeness (QED) is 0.654. The van der Waals surface area contributed by atoms with Crippen molar-refractivity contribution in [3.63, 3.8) is 0 Å². The summed E-state index contributed by atoms with van der Waals surface area (Å²) in [5.74, 6) is 0.163. The zero-order chi connectivity index (χ0) is 11.1. The molecule has 0 aliphatic carbocycles. The highest BCUT2D eigenvalue weighted by Gasteiger charge is 2.16. The average molecular weight is 198 g/mol. The van der Waals surface area contributed by atoms with E-state index in [9.17, 15) is 4.79 Å². The van der Waals surface area contributed by atoms with Gasteiger partial charge in [0.15, 0.2) is 0 Å². The molecule has 14 heavy (non-hydrogen) atoms. The van der Waals surface area contributed by atoms with Gasteiger partial charge in [-0.1, -0.05) is 12.2 Å². The van der Waals surface area contributed by atoms with Gasteiger partial charge in [-0.25, -0.2) is 0 Å². The van der Waals surface area contributed by atoms with Gasteiger partial charge in [0, 0.05) is 19.6 Å². The van der Waals surface area contributed by atoms with E-state index in [1.54, 1.807) is 0 Å². The summed E-state index contributed by atoms with van der Waals surface area (Å²) in [6, 6.07) is -0.119. The minimum Gasteiger partial charge on any atom is -0.342 e.